The van der Waals surface area contributed by atoms with E-state index in [0.29, 0.717) is 18.6 Å². The zero-order valence-electron chi connectivity index (χ0n) is 24.0. The number of ether oxygens (including phenoxy) is 1. The number of aliphatic hydroxyl groups is 1. The summed E-state index contributed by atoms with van der Waals surface area (Å²) in [5.41, 5.74) is -0.938. The number of amides is 3. The number of fused-ring (bicyclic) bond motifs is 3. The van der Waals surface area contributed by atoms with Crippen LogP contribution in [-0.4, -0.2) is 102 Å². The maximum atomic E-state index is 14.6. The maximum absolute atomic E-state index is 14.6. The highest BCUT2D eigenvalue weighted by Gasteiger charge is 2.75. The average molecular weight is 563 g/mol. The number of hydrogen-bond acceptors (Lipinski definition) is 7. The van der Waals surface area contributed by atoms with Crippen LogP contribution < -0.4 is 0 Å². The van der Waals surface area contributed by atoms with Crippen LogP contribution in [0.15, 0.2) is 48.6 Å². The average Bonchev–Trinajstić information content (AvgIpc) is 3.47. The van der Waals surface area contributed by atoms with Crippen molar-refractivity contribution in [3.05, 3.63) is 48.6 Å². The highest BCUT2D eigenvalue weighted by Crippen LogP contribution is 2.58. The number of hydrogen-bond donors (Lipinski definition) is 1. The molecule has 218 valence electrons. The number of rotatable bonds is 7. The van der Waals surface area contributed by atoms with E-state index >= 15 is 0 Å². The van der Waals surface area contributed by atoms with Gasteiger partial charge in [-0.2, -0.15) is 0 Å². The van der Waals surface area contributed by atoms with Crippen molar-refractivity contribution in [1.29, 1.82) is 0 Å². The normalized spacial score (nSPS) is 32.0. The van der Waals surface area contributed by atoms with E-state index in [4.69, 9.17) is 4.74 Å². The van der Waals surface area contributed by atoms with Gasteiger partial charge in [-0.1, -0.05) is 62.4 Å². The molecule has 3 amide bonds. The molecule has 1 unspecified atom stereocenters. The summed E-state index contributed by atoms with van der Waals surface area (Å²) in [6, 6.07) is 5.84. The second-order valence-electron chi connectivity index (χ2n) is 12.1. The molecule has 4 aliphatic heterocycles. The number of para-hydroxylation sites is 1. The fourth-order valence-corrected chi connectivity index (χ4v) is 7.32. The minimum absolute atomic E-state index is 0.123. The van der Waals surface area contributed by atoms with E-state index in [2.05, 4.69) is 10.3 Å². The van der Waals surface area contributed by atoms with Crippen molar-refractivity contribution in [3.63, 3.8) is 0 Å². The van der Waals surface area contributed by atoms with Crippen LogP contribution in [0.25, 0.3) is 11.0 Å². The van der Waals surface area contributed by atoms with E-state index in [1.165, 1.54) is 4.90 Å². The summed E-state index contributed by atoms with van der Waals surface area (Å²) in [5.74, 6) is -2.64. The number of carbonyl (C=O) groups excluding carboxylic acids is 3. The number of likely N-dealkylation sites (tertiary alicyclic amines) is 1. The SMILES string of the molecule is CCCN1CC=C[C@@]2(C)O[C@]34C=CCN(Cn5nnc6ccccc65)C(=O)C3N([C@@H](CO)C(C)C)C(=O)[C@@H]4[C@H]2C1=O. The second kappa shape index (κ2) is 10.1. The van der Waals surface area contributed by atoms with E-state index in [1.807, 2.05) is 76.3 Å². The Bertz CT molecular complexity index is 1440. The summed E-state index contributed by atoms with van der Waals surface area (Å²) in [7, 11) is 0. The van der Waals surface area contributed by atoms with Crippen molar-refractivity contribution in [2.24, 2.45) is 17.8 Å². The summed E-state index contributed by atoms with van der Waals surface area (Å²) in [6.07, 6.45) is 8.29. The minimum atomic E-state index is -1.37. The first kappa shape index (κ1) is 27.6. The predicted octanol–water partition coefficient (Wildman–Crippen LogP) is 1.58. The highest BCUT2D eigenvalue weighted by atomic mass is 16.5. The predicted molar refractivity (Wildman–Crippen MR) is 150 cm³/mol. The Hall–Kier alpha value is -3.57. The number of nitrogens with zero attached hydrogens (tertiary/aromatic N) is 6. The number of benzene rings is 1. The van der Waals surface area contributed by atoms with Crippen molar-refractivity contribution in [3.8, 4) is 0 Å². The van der Waals surface area contributed by atoms with Crippen LogP contribution >= 0.6 is 0 Å². The van der Waals surface area contributed by atoms with Crippen molar-refractivity contribution in [1.82, 2.24) is 29.7 Å². The van der Waals surface area contributed by atoms with Crippen molar-refractivity contribution in [2.45, 2.75) is 64.1 Å². The summed E-state index contributed by atoms with van der Waals surface area (Å²) in [4.78, 5) is 48.1. The lowest BCUT2D eigenvalue weighted by atomic mass is 9.74. The van der Waals surface area contributed by atoms with Gasteiger partial charge < -0.3 is 24.5 Å². The van der Waals surface area contributed by atoms with Gasteiger partial charge in [-0.25, -0.2) is 4.68 Å². The monoisotopic (exact) mass is 562 g/mol. The molecule has 2 fully saturated rings. The largest absolute Gasteiger partial charge is 0.394 e. The molecular formula is C30H38N6O5. The molecule has 4 aliphatic rings. The number of aliphatic hydroxyl groups excluding tert-OH is 1. The molecule has 0 radical (unpaired) electrons. The lowest BCUT2D eigenvalue weighted by molar-refractivity contribution is -0.157. The molecule has 0 aliphatic carbocycles. The molecule has 11 heteroatoms. The third-order valence-corrected chi connectivity index (χ3v) is 9.19. The first-order valence-electron chi connectivity index (χ1n) is 14.5. The number of aromatic nitrogens is 3. The van der Waals surface area contributed by atoms with Crippen LogP contribution in [0.1, 0.15) is 34.1 Å². The zero-order valence-corrected chi connectivity index (χ0v) is 24.0. The van der Waals surface area contributed by atoms with E-state index in [1.54, 1.807) is 14.5 Å². The van der Waals surface area contributed by atoms with Gasteiger partial charge in [0.05, 0.1) is 35.6 Å². The minimum Gasteiger partial charge on any atom is -0.394 e. The Labute approximate surface area is 239 Å². The lowest BCUT2D eigenvalue weighted by Gasteiger charge is -2.41. The smallest absolute Gasteiger partial charge is 0.250 e. The molecule has 1 aromatic carbocycles. The van der Waals surface area contributed by atoms with Crippen LogP contribution in [0, 0.1) is 17.8 Å². The van der Waals surface area contributed by atoms with Crippen LogP contribution in [0.4, 0.5) is 0 Å². The molecule has 2 aromatic rings. The Morgan fingerprint density at radius 1 is 1.02 bits per heavy atom. The maximum Gasteiger partial charge on any atom is 0.250 e. The summed E-state index contributed by atoms with van der Waals surface area (Å²) >= 11 is 0. The Morgan fingerprint density at radius 2 is 1.76 bits per heavy atom. The zero-order chi connectivity index (χ0) is 29.1. The molecule has 41 heavy (non-hydrogen) atoms. The van der Waals surface area contributed by atoms with Gasteiger partial charge in [-0.05, 0) is 31.4 Å². The summed E-state index contributed by atoms with van der Waals surface area (Å²) in [6.45, 7) is 8.78. The van der Waals surface area contributed by atoms with Gasteiger partial charge in [0.1, 0.15) is 23.8 Å². The molecule has 1 spiro atoms. The molecule has 5 heterocycles. The summed E-state index contributed by atoms with van der Waals surface area (Å²) < 4.78 is 8.54. The third-order valence-electron chi connectivity index (χ3n) is 9.19. The van der Waals surface area contributed by atoms with E-state index in [-0.39, 0.29) is 43.5 Å². The number of carbonyl (C=O) groups is 3. The first-order valence-corrected chi connectivity index (χ1v) is 14.5. The molecule has 1 N–H and O–H groups in total. The fraction of sp³-hybridized carbons (Fsp3) is 0.567. The van der Waals surface area contributed by atoms with Crippen LogP contribution in [-0.2, 0) is 25.8 Å². The van der Waals surface area contributed by atoms with Gasteiger partial charge in [-0.15, -0.1) is 5.10 Å². The molecule has 0 saturated carbocycles. The standard InChI is InChI=1S/C30H38N6O5/c1-5-14-33-15-8-12-29(4)23(26(33)38)24-27(39)36(22(17-37)19(2)3)25-28(40)34(16-9-13-30(24,25)41-29)18-35-21-11-7-6-10-20(21)31-32-35/h6-13,19,22-25,37H,5,14-18H2,1-4H3/t22-,23-,24-,25?,29+,30-/m0/s1. The molecule has 6 rings (SSSR count). The third kappa shape index (κ3) is 4.04. The quantitative estimate of drug-likeness (QED) is 0.509. The molecule has 6 atom stereocenters. The Morgan fingerprint density at radius 3 is 2.49 bits per heavy atom. The lowest BCUT2D eigenvalue weighted by Crippen LogP contribution is -2.59. The molecule has 1 aromatic heterocycles. The van der Waals surface area contributed by atoms with E-state index in [0.717, 1.165) is 11.9 Å². The van der Waals surface area contributed by atoms with Crippen LogP contribution in [0.5, 0.6) is 0 Å². The topological polar surface area (TPSA) is 121 Å². The molecule has 11 nitrogen and oxygen atoms in total. The molecule has 2 saturated heterocycles. The molecule has 0 bridgehead atoms. The van der Waals surface area contributed by atoms with Gasteiger partial charge in [0, 0.05) is 19.6 Å². The van der Waals surface area contributed by atoms with Crippen molar-refractivity contribution < 1.29 is 24.2 Å². The van der Waals surface area contributed by atoms with Gasteiger partial charge in [0.25, 0.3) is 5.91 Å². The van der Waals surface area contributed by atoms with Gasteiger partial charge in [-0.3, -0.25) is 14.4 Å². The van der Waals surface area contributed by atoms with Crippen LogP contribution in [0.2, 0.25) is 0 Å². The Balaban J connectivity index is 1.46. The van der Waals surface area contributed by atoms with E-state index in [9.17, 15) is 19.5 Å². The van der Waals surface area contributed by atoms with Crippen molar-refractivity contribution in [2.75, 3.05) is 26.2 Å². The summed E-state index contributed by atoms with van der Waals surface area (Å²) in [5, 5.41) is 19.0. The van der Waals surface area contributed by atoms with Crippen LogP contribution in [0.3, 0.4) is 0 Å². The first-order chi connectivity index (χ1) is 19.7. The van der Waals surface area contributed by atoms with E-state index < -0.39 is 35.1 Å². The second-order valence-corrected chi connectivity index (χ2v) is 12.1. The van der Waals surface area contributed by atoms with Gasteiger partial charge in [0.15, 0.2) is 0 Å². The van der Waals surface area contributed by atoms with Gasteiger partial charge >= 0.3 is 0 Å². The molecular weight excluding hydrogens is 524 g/mol. The highest BCUT2D eigenvalue weighted by molar-refractivity contribution is 6.00. The fourth-order valence-electron chi connectivity index (χ4n) is 7.32. The van der Waals surface area contributed by atoms with Crippen molar-refractivity contribution >= 4 is 28.8 Å². The van der Waals surface area contributed by atoms with Gasteiger partial charge in [0.2, 0.25) is 11.8 Å². The Kier molecular flexibility index (Phi) is 6.77.